The standard InChI is InChI=1S/C57H58F2N10O7/c1-3-39-44(58)14-9-34-7-4-8-41(47(34)39)49-48(59)50-43(26-61-49)51(67-28-36-10-11-37(29-67)62-36)65-55(64-50)76-31-57-20-17-38(68(57)27-32(2)25-57)30-75-56(74)66-22-18-33(19-23-66)6-5-21-60-35-12-13-40-42(24-35)54(73)69(53(40)72)45-15-16-46(70)63-52(45)71/h1,4,7-9,12-14,24,26,33,36-38,45,60,62H,2,5-6,10-11,15-23,25,27-31H2,(H,63,70,71)/t36-,37+,38-,45?,57-/m0/s1. The molecule has 5 atom stereocenters. The molecule has 7 aliphatic heterocycles. The van der Waals surface area contributed by atoms with Crippen LogP contribution < -0.4 is 25.6 Å². The van der Waals surface area contributed by atoms with Crippen LogP contribution >= 0.6 is 0 Å². The summed E-state index contributed by atoms with van der Waals surface area (Å²) in [5.74, 6) is 0.0326. The summed E-state index contributed by atoms with van der Waals surface area (Å²) in [5.41, 5.74) is 2.19. The minimum absolute atomic E-state index is 0.00561. The van der Waals surface area contributed by atoms with Crippen LogP contribution in [-0.2, 0) is 14.3 Å². The topological polar surface area (TPSA) is 192 Å². The molecule has 7 aliphatic rings. The summed E-state index contributed by atoms with van der Waals surface area (Å²) in [4.78, 5) is 85.6. The largest absolute Gasteiger partial charge is 0.461 e. The van der Waals surface area contributed by atoms with Gasteiger partial charge in [-0.05, 0) is 99.8 Å². The Labute approximate surface area is 437 Å². The Morgan fingerprint density at radius 1 is 0.947 bits per heavy atom. The van der Waals surface area contributed by atoms with Gasteiger partial charge in [0.15, 0.2) is 5.82 Å². The van der Waals surface area contributed by atoms with Crippen LogP contribution in [0.3, 0.4) is 0 Å². The van der Waals surface area contributed by atoms with E-state index in [0.717, 1.165) is 61.8 Å². The Morgan fingerprint density at radius 3 is 2.54 bits per heavy atom. The first-order valence-electron chi connectivity index (χ1n) is 26.5. The van der Waals surface area contributed by atoms with Crippen molar-refractivity contribution in [2.75, 3.05) is 62.7 Å². The SMILES string of the molecule is C#Cc1c(F)ccc2cccc(-c3ncc4c(N5C[C@H]6CC[C@@H](C5)N6)nc(OC[C@@]56CC[C@@H](COC(=O)N7CCC(CCCNc8ccc9c(c8)C(=O)N(C8CCC(=O)NC8=O)C9=O)CC7)N5CC(=C)C6)nc4c3F)c12. The van der Waals surface area contributed by atoms with E-state index >= 15 is 8.78 Å². The van der Waals surface area contributed by atoms with E-state index in [1.54, 1.807) is 53.6 Å². The number of nitrogens with one attached hydrogen (secondary N) is 3. The number of aromatic nitrogens is 3. The molecule has 5 amide bonds. The van der Waals surface area contributed by atoms with Crippen molar-refractivity contribution in [1.82, 2.24) is 40.3 Å². The fraction of sp³-hybridized carbons (Fsp3) is 0.439. The van der Waals surface area contributed by atoms with E-state index in [0.29, 0.717) is 84.8 Å². The predicted octanol–water partition coefficient (Wildman–Crippen LogP) is 6.73. The molecule has 3 aromatic carbocycles. The number of hydrogen-bond acceptors (Lipinski definition) is 14. The highest BCUT2D eigenvalue weighted by Gasteiger charge is 2.52. The van der Waals surface area contributed by atoms with Crippen LogP contribution in [0.5, 0.6) is 6.01 Å². The molecule has 392 valence electrons. The fourth-order valence-corrected chi connectivity index (χ4v) is 13.0. The number of rotatable bonds is 13. The second kappa shape index (κ2) is 19.9. The molecule has 0 spiro atoms. The maximum atomic E-state index is 17.2. The number of likely N-dealkylation sites (tertiary alicyclic amines) is 1. The highest BCUT2D eigenvalue weighted by atomic mass is 19.1. The number of carbonyl (C=O) groups excluding carboxylic acids is 5. The number of benzene rings is 3. The van der Waals surface area contributed by atoms with Crippen LogP contribution in [0.4, 0.5) is 25.1 Å². The van der Waals surface area contributed by atoms with E-state index in [4.69, 9.17) is 25.9 Å². The van der Waals surface area contributed by atoms with E-state index in [1.165, 1.54) is 6.07 Å². The molecule has 9 heterocycles. The zero-order chi connectivity index (χ0) is 52.4. The maximum Gasteiger partial charge on any atom is 0.409 e. The lowest BCUT2D eigenvalue weighted by Crippen LogP contribution is -2.54. The first-order chi connectivity index (χ1) is 36.8. The molecule has 17 nitrogen and oxygen atoms in total. The van der Waals surface area contributed by atoms with Gasteiger partial charge in [0.1, 0.15) is 42.1 Å². The van der Waals surface area contributed by atoms with Gasteiger partial charge in [0.25, 0.3) is 11.8 Å². The number of fused-ring (bicyclic) bond motifs is 6. The summed E-state index contributed by atoms with van der Waals surface area (Å²) in [5, 5.41) is 10.7. The molecular formula is C57H58F2N10O7. The summed E-state index contributed by atoms with van der Waals surface area (Å²) in [6.45, 7) is 8.62. The van der Waals surface area contributed by atoms with Gasteiger partial charge in [-0.15, -0.1) is 6.42 Å². The summed E-state index contributed by atoms with van der Waals surface area (Å²) < 4.78 is 44.9. The lowest BCUT2D eigenvalue weighted by Gasteiger charge is -2.35. The number of carbonyl (C=O) groups is 5. The third-order valence-corrected chi connectivity index (χ3v) is 16.8. The van der Waals surface area contributed by atoms with Crippen molar-refractivity contribution in [3.8, 4) is 29.6 Å². The summed E-state index contributed by atoms with van der Waals surface area (Å²) in [7, 11) is 0. The van der Waals surface area contributed by atoms with E-state index in [9.17, 15) is 24.0 Å². The van der Waals surface area contributed by atoms with Crippen molar-refractivity contribution >= 4 is 62.9 Å². The molecule has 0 saturated carbocycles. The summed E-state index contributed by atoms with van der Waals surface area (Å²) in [6.07, 6.45) is 15.0. The van der Waals surface area contributed by atoms with Crippen LogP contribution in [0, 0.1) is 29.9 Å². The number of pyridine rings is 1. The monoisotopic (exact) mass is 1030 g/mol. The smallest absolute Gasteiger partial charge is 0.409 e. The number of piperidine rings is 2. The van der Waals surface area contributed by atoms with Gasteiger partial charge in [0.2, 0.25) is 11.8 Å². The minimum atomic E-state index is -1.01. The van der Waals surface area contributed by atoms with Crippen LogP contribution in [0.15, 0.2) is 66.9 Å². The molecule has 3 N–H and O–H groups in total. The average Bonchev–Trinajstić information content (AvgIpc) is 4.25. The average molecular weight is 1030 g/mol. The molecule has 5 aromatic rings. The number of terminal acetylenes is 1. The normalized spacial score (nSPS) is 24.6. The highest BCUT2D eigenvalue weighted by Crippen LogP contribution is 2.45. The zero-order valence-corrected chi connectivity index (χ0v) is 42.0. The molecule has 1 unspecified atom stereocenters. The lowest BCUT2D eigenvalue weighted by molar-refractivity contribution is -0.136. The van der Waals surface area contributed by atoms with Crippen molar-refractivity contribution in [2.45, 2.75) is 100 Å². The number of halogens is 2. The second-order valence-electron chi connectivity index (χ2n) is 21.6. The van der Waals surface area contributed by atoms with Crippen LogP contribution in [0.25, 0.3) is 32.9 Å². The van der Waals surface area contributed by atoms with Crippen LogP contribution in [0.2, 0.25) is 0 Å². The fourth-order valence-electron chi connectivity index (χ4n) is 13.0. The first-order valence-corrected chi connectivity index (χ1v) is 26.5. The molecule has 2 aromatic heterocycles. The van der Waals surface area contributed by atoms with Crippen LogP contribution in [0.1, 0.15) is 96.9 Å². The quantitative estimate of drug-likeness (QED) is 0.0487. The van der Waals surface area contributed by atoms with Crippen molar-refractivity contribution in [3.63, 3.8) is 0 Å². The van der Waals surface area contributed by atoms with Gasteiger partial charge in [0, 0.05) is 86.6 Å². The minimum Gasteiger partial charge on any atom is -0.461 e. The molecular weight excluding hydrogens is 975 g/mol. The summed E-state index contributed by atoms with van der Waals surface area (Å²) in [6, 6.07) is 12.7. The molecule has 6 saturated heterocycles. The van der Waals surface area contributed by atoms with E-state index < -0.39 is 46.8 Å². The molecule has 76 heavy (non-hydrogen) atoms. The first kappa shape index (κ1) is 49.3. The van der Waals surface area contributed by atoms with Gasteiger partial charge in [0.05, 0.1) is 27.6 Å². The van der Waals surface area contributed by atoms with Gasteiger partial charge in [-0.2, -0.15) is 9.97 Å². The van der Waals surface area contributed by atoms with Crippen molar-refractivity contribution in [1.29, 1.82) is 0 Å². The molecule has 0 radical (unpaired) electrons. The van der Waals surface area contributed by atoms with Crippen molar-refractivity contribution in [3.05, 3.63) is 95.2 Å². The van der Waals surface area contributed by atoms with Gasteiger partial charge in [-0.25, -0.2) is 13.6 Å². The van der Waals surface area contributed by atoms with E-state index in [1.807, 2.05) is 0 Å². The van der Waals surface area contributed by atoms with Gasteiger partial charge in [-0.3, -0.25) is 39.3 Å². The molecule has 12 rings (SSSR count). The van der Waals surface area contributed by atoms with Crippen molar-refractivity contribution in [2.24, 2.45) is 5.92 Å². The Kier molecular flexibility index (Phi) is 12.9. The second-order valence-corrected chi connectivity index (χ2v) is 21.6. The molecule has 19 heteroatoms. The molecule has 2 bridgehead atoms. The van der Waals surface area contributed by atoms with Gasteiger partial charge in [-0.1, -0.05) is 42.3 Å². The Bertz CT molecular complexity index is 3290. The van der Waals surface area contributed by atoms with Gasteiger partial charge >= 0.3 is 12.1 Å². The Morgan fingerprint density at radius 2 is 1.75 bits per heavy atom. The third kappa shape index (κ3) is 8.94. The number of ether oxygens (including phenoxy) is 2. The van der Waals surface area contributed by atoms with E-state index in [2.05, 4.69) is 43.2 Å². The third-order valence-electron chi connectivity index (χ3n) is 16.8. The van der Waals surface area contributed by atoms with Gasteiger partial charge < -0.3 is 29.9 Å². The summed E-state index contributed by atoms with van der Waals surface area (Å²) >= 11 is 0. The molecule has 6 fully saturated rings. The number of anilines is 2. The number of amides is 5. The van der Waals surface area contributed by atoms with Crippen LogP contribution in [-0.4, -0.2) is 142 Å². The number of nitrogens with zero attached hydrogens (tertiary/aromatic N) is 7. The number of hydrogen-bond donors (Lipinski definition) is 3. The lowest BCUT2D eigenvalue weighted by atomic mass is 9.92. The maximum absolute atomic E-state index is 17.2. The Balaban J connectivity index is 0.663. The molecule has 0 aliphatic carbocycles. The van der Waals surface area contributed by atoms with Crippen molar-refractivity contribution < 1.29 is 42.2 Å². The zero-order valence-electron chi connectivity index (χ0n) is 42.0. The predicted molar refractivity (Wildman–Crippen MR) is 278 cm³/mol. The highest BCUT2D eigenvalue weighted by molar-refractivity contribution is 6.23. The Hall–Kier alpha value is -7.56. The number of piperazine rings is 1. The number of imide groups is 2. The van der Waals surface area contributed by atoms with E-state index in [-0.39, 0.29) is 84.2 Å².